The lowest BCUT2D eigenvalue weighted by atomic mass is 10.3. The summed E-state index contributed by atoms with van der Waals surface area (Å²) in [5, 5.41) is 11.8. The van der Waals surface area contributed by atoms with E-state index in [1.165, 1.54) is 6.07 Å². The van der Waals surface area contributed by atoms with Gasteiger partial charge in [-0.3, -0.25) is 9.63 Å². The van der Waals surface area contributed by atoms with Crippen LogP contribution in [0.3, 0.4) is 0 Å². The Labute approximate surface area is 90.3 Å². The van der Waals surface area contributed by atoms with E-state index in [-0.39, 0.29) is 5.69 Å². The summed E-state index contributed by atoms with van der Waals surface area (Å²) in [4.78, 5) is 25.9. The van der Waals surface area contributed by atoms with Gasteiger partial charge in [-0.1, -0.05) is 5.16 Å². The van der Waals surface area contributed by atoms with Crippen LogP contribution in [0.1, 0.15) is 35.0 Å². The van der Waals surface area contributed by atoms with E-state index >= 15 is 0 Å². The minimum atomic E-state index is -1.17. The van der Waals surface area contributed by atoms with Crippen molar-refractivity contribution in [3.8, 4) is 0 Å². The predicted octanol–water partition coefficient (Wildman–Crippen LogP) is 0.298. The fraction of sp³-hybridized carbons (Fsp3) is 0.444. The maximum atomic E-state index is 11.3. The lowest BCUT2D eigenvalue weighted by molar-refractivity contribution is -0.144. The van der Waals surface area contributed by atoms with Crippen molar-refractivity contribution in [1.82, 2.24) is 10.6 Å². The molecule has 16 heavy (non-hydrogen) atoms. The number of nitrogens with one attached hydrogen (secondary N) is 1. The number of carbonyl (C=O) groups is 2. The van der Waals surface area contributed by atoms with E-state index in [1.807, 2.05) is 5.48 Å². The van der Waals surface area contributed by atoms with Crippen molar-refractivity contribution in [2.45, 2.75) is 18.8 Å². The molecule has 1 heterocycles. The molecular formula is C9H10N2O5. The molecule has 1 fully saturated rings. The van der Waals surface area contributed by atoms with Crippen LogP contribution in [0.4, 0.5) is 0 Å². The Morgan fingerprint density at radius 1 is 1.62 bits per heavy atom. The molecule has 0 bridgehead atoms. The largest absolute Gasteiger partial charge is 0.479 e. The highest BCUT2D eigenvalue weighted by Crippen LogP contribution is 2.40. The van der Waals surface area contributed by atoms with Crippen molar-refractivity contribution in [3.05, 3.63) is 17.5 Å². The Kier molecular flexibility index (Phi) is 2.86. The lowest BCUT2D eigenvalue weighted by Gasteiger charge is -1.99. The van der Waals surface area contributed by atoms with Gasteiger partial charge in [-0.25, -0.2) is 10.3 Å². The van der Waals surface area contributed by atoms with Gasteiger partial charge >= 0.3 is 5.97 Å². The average Bonchev–Trinajstić information content (AvgIpc) is 2.96. The second-order valence-corrected chi connectivity index (χ2v) is 3.50. The zero-order valence-electron chi connectivity index (χ0n) is 8.30. The van der Waals surface area contributed by atoms with Crippen LogP contribution in [0.15, 0.2) is 10.6 Å². The number of hydrogen-bond donors (Lipinski definition) is 2. The summed E-state index contributed by atoms with van der Waals surface area (Å²) in [6.07, 6.45) is 2.09. The van der Waals surface area contributed by atoms with E-state index < -0.39 is 18.5 Å². The Morgan fingerprint density at radius 2 is 2.38 bits per heavy atom. The smallest absolute Gasteiger partial charge is 0.332 e. The van der Waals surface area contributed by atoms with Crippen LogP contribution in [0.2, 0.25) is 0 Å². The second kappa shape index (κ2) is 4.31. The van der Waals surface area contributed by atoms with E-state index in [9.17, 15) is 9.59 Å². The molecule has 86 valence electrons. The van der Waals surface area contributed by atoms with E-state index in [0.717, 1.165) is 12.8 Å². The standard InChI is InChI=1S/C9H10N2O5/c12-8(13)4-15-11-9(14)6-3-7(16-10-6)5-1-2-5/h3,5H,1-2,4H2,(H,11,14)(H,12,13). The normalized spacial score (nSPS) is 14.8. The second-order valence-electron chi connectivity index (χ2n) is 3.50. The monoisotopic (exact) mass is 226 g/mol. The van der Waals surface area contributed by atoms with Crippen LogP contribution in [0.25, 0.3) is 0 Å². The summed E-state index contributed by atoms with van der Waals surface area (Å²) in [5.41, 5.74) is 2.05. The van der Waals surface area contributed by atoms with Crippen molar-refractivity contribution < 1.29 is 24.1 Å². The van der Waals surface area contributed by atoms with Crippen molar-refractivity contribution in [3.63, 3.8) is 0 Å². The molecule has 1 aromatic heterocycles. The Balaban J connectivity index is 1.85. The zero-order chi connectivity index (χ0) is 11.5. The molecule has 0 radical (unpaired) electrons. The SMILES string of the molecule is O=C(O)CONC(=O)c1cc(C2CC2)on1. The van der Waals surface area contributed by atoms with E-state index in [2.05, 4.69) is 9.99 Å². The topological polar surface area (TPSA) is 102 Å². The molecule has 1 saturated carbocycles. The third-order valence-electron chi connectivity index (χ3n) is 2.10. The molecule has 1 amide bonds. The molecule has 1 aliphatic rings. The molecule has 0 aromatic carbocycles. The van der Waals surface area contributed by atoms with Gasteiger partial charge in [-0.15, -0.1) is 0 Å². The summed E-state index contributed by atoms with van der Waals surface area (Å²) >= 11 is 0. The van der Waals surface area contributed by atoms with Crippen LogP contribution in [0.5, 0.6) is 0 Å². The van der Waals surface area contributed by atoms with Gasteiger partial charge in [0.2, 0.25) is 0 Å². The summed E-state index contributed by atoms with van der Waals surface area (Å²) in [6, 6.07) is 1.54. The number of aliphatic carboxylic acids is 1. The Morgan fingerprint density at radius 3 is 3.00 bits per heavy atom. The number of carboxylic acid groups (broad SMARTS) is 1. The number of carboxylic acids is 1. The van der Waals surface area contributed by atoms with Crippen molar-refractivity contribution in [2.75, 3.05) is 6.61 Å². The lowest BCUT2D eigenvalue weighted by Crippen LogP contribution is -2.26. The highest BCUT2D eigenvalue weighted by molar-refractivity contribution is 5.91. The van der Waals surface area contributed by atoms with E-state index in [0.29, 0.717) is 11.7 Å². The van der Waals surface area contributed by atoms with E-state index in [1.54, 1.807) is 0 Å². The Bertz CT molecular complexity index is 410. The third kappa shape index (κ3) is 2.57. The Hall–Kier alpha value is -1.89. The molecule has 2 N–H and O–H groups in total. The molecular weight excluding hydrogens is 216 g/mol. The van der Waals surface area contributed by atoms with Gasteiger partial charge in [0, 0.05) is 12.0 Å². The molecule has 0 spiro atoms. The highest BCUT2D eigenvalue weighted by Gasteiger charge is 2.28. The van der Waals surface area contributed by atoms with Gasteiger partial charge < -0.3 is 9.63 Å². The van der Waals surface area contributed by atoms with Crippen LogP contribution in [-0.2, 0) is 9.63 Å². The first-order valence-corrected chi connectivity index (χ1v) is 4.77. The highest BCUT2D eigenvalue weighted by atomic mass is 16.7. The first kappa shape index (κ1) is 10.6. The van der Waals surface area contributed by atoms with Gasteiger partial charge in [0.15, 0.2) is 12.3 Å². The third-order valence-corrected chi connectivity index (χ3v) is 2.10. The van der Waals surface area contributed by atoms with Gasteiger partial charge in [0.05, 0.1) is 0 Å². The average molecular weight is 226 g/mol. The number of nitrogens with zero attached hydrogens (tertiary/aromatic N) is 1. The van der Waals surface area contributed by atoms with Gasteiger partial charge in [0.1, 0.15) is 5.76 Å². The predicted molar refractivity (Wildman–Crippen MR) is 49.5 cm³/mol. The van der Waals surface area contributed by atoms with Crippen LogP contribution in [-0.4, -0.2) is 28.7 Å². The molecule has 0 unspecified atom stereocenters. The maximum Gasteiger partial charge on any atom is 0.332 e. The minimum absolute atomic E-state index is 0.0901. The first-order chi connectivity index (χ1) is 7.66. The maximum absolute atomic E-state index is 11.3. The molecule has 0 saturated heterocycles. The first-order valence-electron chi connectivity index (χ1n) is 4.77. The van der Waals surface area contributed by atoms with Crippen molar-refractivity contribution >= 4 is 11.9 Å². The molecule has 1 aromatic rings. The number of hydrogen-bond acceptors (Lipinski definition) is 5. The van der Waals surface area contributed by atoms with Gasteiger partial charge in [-0.05, 0) is 12.8 Å². The fourth-order valence-electron chi connectivity index (χ4n) is 1.17. The fourth-order valence-corrected chi connectivity index (χ4v) is 1.17. The molecule has 7 nitrogen and oxygen atoms in total. The van der Waals surface area contributed by atoms with Crippen LogP contribution < -0.4 is 5.48 Å². The zero-order valence-corrected chi connectivity index (χ0v) is 8.30. The molecule has 2 rings (SSSR count). The summed E-state index contributed by atoms with van der Waals surface area (Å²) in [5.74, 6) is -0.728. The number of rotatable bonds is 5. The quantitative estimate of drug-likeness (QED) is 0.700. The molecule has 0 atom stereocenters. The van der Waals surface area contributed by atoms with Crippen molar-refractivity contribution in [2.24, 2.45) is 0 Å². The minimum Gasteiger partial charge on any atom is -0.479 e. The number of amides is 1. The molecule has 1 aliphatic carbocycles. The van der Waals surface area contributed by atoms with Crippen LogP contribution in [0, 0.1) is 0 Å². The van der Waals surface area contributed by atoms with Gasteiger partial charge in [0.25, 0.3) is 5.91 Å². The number of carbonyl (C=O) groups excluding carboxylic acids is 1. The van der Waals surface area contributed by atoms with Gasteiger partial charge in [-0.2, -0.15) is 0 Å². The van der Waals surface area contributed by atoms with Crippen LogP contribution >= 0.6 is 0 Å². The summed E-state index contributed by atoms with van der Waals surface area (Å²) in [6.45, 7) is -0.598. The number of aromatic nitrogens is 1. The van der Waals surface area contributed by atoms with E-state index in [4.69, 9.17) is 9.63 Å². The van der Waals surface area contributed by atoms with Crippen molar-refractivity contribution in [1.29, 1.82) is 0 Å². The molecule has 7 heteroatoms. The summed E-state index contributed by atoms with van der Waals surface area (Å²) < 4.78 is 4.95. The molecule has 0 aliphatic heterocycles. The summed E-state index contributed by atoms with van der Waals surface area (Å²) in [7, 11) is 0. The number of hydroxylamine groups is 1.